The summed E-state index contributed by atoms with van der Waals surface area (Å²) in [7, 11) is 0. The van der Waals surface area contributed by atoms with Gasteiger partial charge >= 0.3 is 0 Å². The fraction of sp³-hybridized carbons (Fsp3) is 0.474. The lowest BCUT2D eigenvalue weighted by Crippen LogP contribution is -2.53. The standard InChI is InChI=1S/C19H23N5O3S/c1-13(2)15(11-20)23-5-7-24(8-6-23)17(25)10-14-12-28-19(21-14)22-18(26)16-4-3-9-27-16/h3-4,9,12-13,15H,5-8,10H2,1-2H3,(H,21,22,26). The highest BCUT2D eigenvalue weighted by Crippen LogP contribution is 2.18. The number of nitrogens with zero attached hydrogens (tertiary/aromatic N) is 4. The van der Waals surface area contributed by atoms with E-state index in [0.29, 0.717) is 37.0 Å². The van der Waals surface area contributed by atoms with E-state index in [4.69, 9.17) is 4.42 Å². The fourth-order valence-corrected chi connectivity index (χ4v) is 3.89. The first-order chi connectivity index (χ1) is 13.5. The van der Waals surface area contributed by atoms with Gasteiger partial charge in [-0.25, -0.2) is 4.98 Å². The smallest absolute Gasteiger partial charge is 0.293 e. The van der Waals surface area contributed by atoms with Crippen LogP contribution in [-0.2, 0) is 11.2 Å². The van der Waals surface area contributed by atoms with Crippen LogP contribution in [0.15, 0.2) is 28.2 Å². The zero-order valence-corrected chi connectivity index (χ0v) is 16.7. The van der Waals surface area contributed by atoms with Crippen molar-refractivity contribution in [2.75, 3.05) is 31.5 Å². The second-order valence-electron chi connectivity index (χ2n) is 6.99. The van der Waals surface area contributed by atoms with Gasteiger partial charge < -0.3 is 9.32 Å². The van der Waals surface area contributed by atoms with E-state index in [1.807, 2.05) is 18.7 Å². The van der Waals surface area contributed by atoms with Crippen LogP contribution in [0.5, 0.6) is 0 Å². The van der Waals surface area contributed by atoms with Crippen LogP contribution in [0.3, 0.4) is 0 Å². The molecule has 1 unspecified atom stereocenters. The van der Waals surface area contributed by atoms with E-state index in [-0.39, 0.29) is 36.0 Å². The number of carbonyl (C=O) groups is 2. The molecule has 1 aliphatic heterocycles. The molecule has 28 heavy (non-hydrogen) atoms. The number of hydrogen-bond acceptors (Lipinski definition) is 7. The molecule has 2 aromatic rings. The van der Waals surface area contributed by atoms with Crippen molar-refractivity contribution in [2.24, 2.45) is 5.92 Å². The predicted octanol–water partition coefficient (Wildman–Crippen LogP) is 2.22. The molecule has 3 rings (SSSR count). The van der Waals surface area contributed by atoms with Crippen LogP contribution in [-0.4, -0.2) is 58.8 Å². The third-order valence-corrected chi connectivity index (χ3v) is 5.48. The molecule has 0 radical (unpaired) electrons. The van der Waals surface area contributed by atoms with Gasteiger partial charge in [-0.05, 0) is 18.1 Å². The molecule has 8 nitrogen and oxygen atoms in total. The molecular formula is C19H23N5O3S. The van der Waals surface area contributed by atoms with Crippen LogP contribution in [0, 0.1) is 17.2 Å². The Hall–Kier alpha value is -2.70. The van der Waals surface area contributed by atoms with Gasteiger partial charge in [0.25, 0.3) is 5.91 Å². The van der Waals surface area contributed by atoms with Crippen LogP contribution in [0.4, 0.5) is 5.13 Å². The first kappa shape index (κ1) is 20.0. The number of nitrogens with one attached hydrogen (secondary N) is 1. The van der Waals surface area contributed by atoms with Crippen molar-refractivity contribution in [2.45, 2.75) is 26.3 Å². The van der Waals surface area contributed by atoms with Crippen LogP contribution in [0.1, 0.15) is 30.1 Å². The summed E-state index contributed by atoms with van der Waals surface area (Å²) >= 11 is 1.27. The van der Waals surface area contributed by atoms with E-state index in [9.17, 15) is 14.9 Å². The van der Waals surface area contributed by atoms with Crippen molar-refractivity contribution in [1.82, 2.24) is 14.8 Å². The molecule has 0 saturated carbocycles. The zero-order valence-electron chi connectivity index (χ0n) is 15.9. The number of anilines is 1. The highest BCUT2D eigenvalue weighted by molar-refractivity contribution is 7.14. The Balaban J connectivity index is 1.50. The average Bonchev–Trinajstić information content (AvgIpc) is 3.35. The van der Waals surface area contributed by atoms with E-state index < -0.39 is 0 Å². The molecule has 0 spiro atoms. The Morgan fingerprint density at radius 1 is 1.36 bits per heavy atom. The minimum Gasteiger partial charge on any atom is -0.459 e. The monoisotopic (exact) mass is 401 g/mol. The van der Waals surface area contributed by atoms with Crippen molar-refractivity contribution in [1.29, 1.82) is 5.26 Å². The number of piperazine rings is 1. The lowest BCUT2D eigenvalue weighted by Gasteiger charge is -2.38. The van der Waals surface area contributed by atoms with Gasteiger partial charge in [0.2, 0.25) is 5.91 Å². The summed E-state index contributed by atoms with van der Waals surface area (Å²) < 4.78 is 5.05. The van der Waals surface area contributed by atoms with Gasteiger partial charge in [0.05, 0.1) is 24.4 Å². The Bertz CT molecular complexity index is 847. The summed E-state index contributed by atoms with van der Waals surface area (Å²) in [6.07, 6.45) is 1.62. The van der Waals surface area contributed by atoms with Crippen LogP contribution in [0.2, 0.25) is 0 Å². The number of furan rings is 1. The number of carbonyl (C=O) groups excluding carboxylic acids is 2. The predicted molar refractivity (Wildman–Crippen MR) is 105 cm³/mol. The lowest BCUT2D eigenvalue weighted by atomic mass is 10.0. The van der Waals surface area contributed by atoms with Crippen LogP contribution >= 0.6 is 11.3 Å². The third kappa shape index (κ3) is 4.77. The van der Waals surface area contributed by atoms with Gasteiger partial charge in [0, 0.05) is 31.6 Å². The molecule has 1 aliphatic rings. The molecule has 0 bridgehead atoms. The first-order valence-corrected chi connectivity index (χ1v) is 10.1. The van der Waals surface area contributed by atoms with Crippen molar-refractivity contribution in [3.8, 4) is 6.07 Å². The molecule has 3 heterocycles. The molecular weight excluding hydrogens is 378 g/mol. The molecule has 1 N–H and O–H groups in total. The molecule has 148 valence electrons. The summed E-state index contributed by atoms with van der Waals surface area (Å²) in [5, 5.41) is 14.2. The number of aromatic nitrogens is 1. The highest BCUT2D eigenvalue weighted by atomic mass is 32.1. The Kier molecular flexibility index (Phi) is 6.44. The molecule has 0 aliphatic carbocycles. The summed E-state index contributed by atoms with van der Waals surface area (Å²) in [5.41, 5.74) is 0.629. The maximum absolute atomic E-state index is 12.6. The number of thiazole rings is 1. The largest absolute Gasteiger partial charge is 0.459 e. The minimum absolute atomic E-state index is 0.00640. The molecule has 1 fully saturated rings. The second-order valence-corrected chi connectivity index (χ2v) is 7.85. The third-order valence-electron chi connectivity index (χ3n) is 4.67. The zero-order chi connectivity index (χ0) is 20.1. The van der Waals surface area contributed by atoms with Gasteiger partial charge in [0.1, 0.15) is 6.04 Å². The Morgan fingerprint density at radius 3 is 2.71 bits per heavy atom. The molecule has 2 amide bonds. The SMILES string of the molecule is CC(C)C(C#N)N1CCN(C(=O)Cc2csc(NC(=O)c3ccco3)n2)CC1. The van der Waals surface area contributed by atoms with E-state index in [1.54, 1.807) is 17.5 Å². The topological polar surface area (TPSA) is 102 Å². The maximum Gasteiger partial charge on any atom is 0.293 e. The van der Waals surface area contributed by atoms with Crippen molar-refractivity contribution in [3.05, 3.63) is 35.2 Å². The van der Waals surface area contributed by atoms with E-state index >= 15 is 0 Å². The molecule has 9 heteroatoms. The summed E-state index contributed by atoms with van der Waals surface area (Å²) in [4.78, 5) is 32.8. The molecule has 2 aromatic heterocycles. The molecule has 0 aromatic carbocycles. The van der Waals surface area contributed by atoms with Gasteiger partial charge in [-0.3, -0.25) is 19.8 Å². The fourth-order valence-electron chi connectivity index (χ4n) is 3.18. The second kappa shape index (κ2) is 8.99. The molecule has 1 saturated heterocycles. The van der Waals surface area contributed by atoms with Gasteiger partial charge in [-0.1, -0.05) is 13.8 Å². The summed E-state index contributed by atoms with van der Waals surface area (Å²) in [6.45, 7) is 6.69. The summed E-state index contributed by atoms with van der Waals surface area (Å²) in [6, 6.07) is 5.45. The van der Waals surface area contributed by atoms with Crippen LogP contribution < -0.4 is 5.32 Å². The van der Waals surface area contributed by atoms with Crippen molar-refractivity contribution < 1.29 is 14.0 Å². The molecule has 1 atom stereocenters. The van der Waals surface area contributed by atoms with Gasteiger partial charge in [0.15, 0.2) is 10.9 Å². The van der Waals surface area contributed by atoms with E-state index in [0.717, 1.165) is 0 Å². The van der Waals surface area contributed by atoms with Gasteiger partial charge in [-0.15, -0.1) is 11.3 Å². The maximum atomic E-state index is 12.6. The van der Waals surface area contributed by atoms with E-state index in [1.165, 1.54) is 17.6 Å². The quantitative estimate of drug-likeness (QED) is 0.796. The Labute approximate surface area is 167 Å². The number of nitriles is 1. The summed E-state index contributed by atoms with van der Waals surface area (Å²) in [5.74, 6) is 0.109. The van der Waals surface area contributed by atoms with Crippen LogP contribution in [0.25, 0.3) is 0 Å². The van der Waals surface area contributed by atoms with E-state index in [2.05, 4.69) is 21.3 Å². The Morgan fingerprint density at radius 2 is 2.11 bits per heavy atom. The van der Waals surface area contributed by atoms with Crippen molar-refractivity contribution in [3.63, 3.8) is 0 Å². The lowest BCUT2D eigenvalue weighted by molar-refractivity contribution is -0.132. The average molecular weight is 401 g/mol. The minimum atomic E-state index is -0.370. The number of hydrogen-bond donors (Lipinski definition) is 1. The highest BCUT2D eigenvalue weighted by Gasteiger charge is 2.28. The normalized spacial score (nSPS) is 16.0. The first-order valence-electron chi connectivity index (χ1n) is 9.18. The van der Waals surface area contributed by atoms with Gasteiger partial charge in [-0.2, -0.15) is 5.26 Å². The van der Waals surface area contributed by atoms with Crippen molar-refractivity contribution >= 4 is 28.3 Å². The number of amides is 2. The number of rotatable bonds is 6.